The second kappa shape index (κ2) is 7.66. The van der Waals surface area contributed by atoms with Gasteiger partial charge in [-0.2, -0.15) is 0 Å². The third kappa shape index (κ3) is 4.26. The standard InChI is InChI=1S/C20H20N2O3/c1-14(23)15-6-8-17(9-7-15)25-13-20(24)21-11-10-16-12-22-19-5-3-2-4-18(16)19/h2-9,12,22H,10-11,13H2,1H3,(H,21,24). The van der Waals surface area contributed by atoms with Crippen molar-refractivity contribution in [3.8, 4) is 5.75 Å². The quantitative estimate of drug-likeness (QED) is 0.651. The highest BCUT2D eigenvalue weighted by Crippen LogP contribution is 2.17. The molecule has 2 aromatic carbocycles. The number of amides is 1. The molecule has 0 aliphatic carbocycles. The number of carbonyl (C=O) groups is 2. The van der Waals surface area contributed by atoms with E-state index < -0.39 is 0 Å². The molecule has 0 saturated carbocycles. The van der Waals surface area contributed by atoms with Crippen molar-refractivity contribution in [3.05, 3.63) is 65.9 Å². The van der Waals surface area contributed by atoms with Crippen LogP contribution in [0.1, 0.15) is 22.8 Å². The molecule has 0 radical (unpaired) electrons. The van der Waals surface area contributed by atoms with Crippen molar-refractivity contribution in [2.45, 2.75) is 13.3 Å². The molecule has 1 aromatic heterocycles. The Morgan fingerprint density at radius 1 is 1.08 bits per heavy atom. The summed E-state index contributed by atoms with van der Waals surface area (Å²) in [6, 6.07) is 14.8. The minimum absolute atomic E-state index is 0.00146. The lowest BCUT2D eigenvalue weighted by molar-refractivity contribution is -0.123. The molecule has 1 heterocycles. The molecular formula is C20H20N2O3. The average Bonchev–Trinajstić information content (AvgIpc) is 3.04. The number of benzene rings is 2. The normalized spacial score (nSPS) is 10.6. The second-order valence-electron chi connectivity index (χ2n) is 5.83. The Balaban J connectivity index is 1.44. The van der Waals surface area contributed by atoms with Crippen LogP contribution in [-0.2, 0) is 11.2 Å². The predicted molar refractivity (Wildman–Crippen MR) is 97.0 cm³/mol. The second-order valence-corrected chi connectivity index (χ2v) is 5.83. The molecule has 25 heavy (non-hydrogen) atoms. The van der Waals surface area contributed by atoms with E-state index in [1.54, 1.807) is 24.3 Å². The summed E-state index contributed by atoms with van der Waals surface area (Å²) < 4.78 is 5.43. The van der Waals surface area contributed by atoms with Crippen molar-refractivity contribution in [2.24, 2.45) is 0 Å². The molecule has 0 bridgehead atoms. The number of para-hydroxylation sites is 1. The highest BCUT2D eigenvalue weighted by atomic mass is 16.5. The maximum atomic E-state index is 11.9. The lowest BCUT2D eigenvalue weighted by atomic mass is 10.1. The lowest BCUT2D eigenvalue weighted by Crippen LogP contribution is -2.30. The van der Waals surface area contributed by atoms with E-state index >= 15 is 0 Å². The Hall–Kier alpha value is -3.08. The van der Waals surface area contributed by atoms with Crippen molar-refractivity contribution < 1.29 is 14.3 Å². The van der Waals surface area contributed by atoms with Crippen LogP contribution in [-0.4, -0.2) is 29.8 Å². The number of H-pyrrole nitrogens is 1. The summed E-state index contributed by atoms with van der Waals surface area (Å²) in [6.45, 7) is 2.01. The number of ether oxygens (including phenoxy) is 1. The smallest absolute Gasteiger partial charge is 0.257 e. The van der Waals surface area contributed by atoms with E-state index in [4.69, 9.17) is 4.74 Å². The predicted octanol–water partition coefficient (Wildman–Crippen LogP) is 3.11. The van der Waals surface area contributed by atoms with Crippen LogP contribution in [0.5, 0.6) is 5.75 Å². The number of ketones is 1. The summed E-state index contributed by atoms with van der Waals surface area (Å²) in [4.78, 5) is 26.3. The number of carbonyl (C=O) groups excluding carboxylic acids is 2. The molecule has 5 nitrogen and oxygen atoms in total. The molecule has 0 aliphatic heterocycles. The molecule has 3 aromatic rings. The van der Waals surface area contributed by atoms with Gasteiger partial charge in [0.25, 0.3) is 5.91 Å². The Labute approximate surface area is 146 Å². The van der Waals surface area contributed by atoms with Crippen LogP contribution in [0.15, 0.2) is 54.7 Å². The summed E-state index contributed by atoms with van der Waals surface area (Å²) in [5, 5.41) is 4.03. The SMILES string of the molecule is CC(=O)c1ccc(OCC(=O)NCCc2c[nH]c3ccccc23)cc1. The summed E-state index contributed by atoms with van der Waals surface area (Å²) in [5.41, 5.74) is 2.90. The Kier molecular flexibility index (Phi) is 5.14. The monoisotopic (exact) mass is 336 g/mol. The van der Waals surface area contributed by atoms with Gasteiger partial charge in [-0.25, -0.2) is 0 Å². The van der Waals surface area contributed by atoms with Crippen molar-refractivity contribution in [2.75, 3.05) is 13.2 Å². The van der Waals surface area contributed by atoms with Gasteiger partial charge in [0, 0.05) is 29.2 Å². The van der Waals surface area contributed by atoms with Crippen molar-refractivity contribution in [1.82, 2.24) is 10.3 Å². The molecule has 1 amide bonds. The van der Waals surface area contributed by atoms with E-state index in [0.29, 0.717) is 17.9 Å². The van der Waals surface area contributed by atoms with Crippen LogP contribution in [0.2, 0.25) is 0 Å². The zero-order chi connectivity index (χ0) is 17.6. The highest BCUT2D eigenvalue weighted by molar-refractivity contribution is 5.94. The first kappa shape index (κ1) is 16.8. The number of aromatic amines is 1. The van der Waals surface area contributed by atoms with Crippen molar-refractivity contribution in [3.63, 3.8) is 0 Å². The Bertz CT molecular complexity index is 881. The molecule has 5 heteroatoms. The number of hydrogen-bond acceptors (Lipinski definition) is 3. The summed E-state index contributed by atoms with van der Waals surface area (Å²) >= 11 is 0. The lowest BCUT2D eigenvalue weighted by Gasteiger charge is -2.07. The summed E-state index contributed by atoms with van der Waals surface area (Å²) in [5.74, 6) is 0.397. The van der Waals surface area contributed by atoms with Crippen LogP contribution >= 0.6 is 0 Å². The molecular weight excluding hydrogens is 316 g/mol. The number of aromatic nitrogens is 1. The topological polar surface area (TPSA) is 71.2 Å². The third-order valence-electron chi connectivity index (χ3n) is 4.02. The molecule has 0 saturated heterocycles. The fourth-order valence-corrected chi connectivity index (χ4v) is 2.66. The fourth-order valence-electron chi connectivity index (χ4n) is 2.66. The van der Waals surface area contributed by atoms with Gasteiger partial charge in [-0.3, -0.25) is 9.59 Å². The van der Waals surface area contributed by atoms with Crippen molar-refractivity contribution >= 4 is 22.6 Å². The minimum atomic E-state index is -0.171. The van der Waals surface area contributed by atoms with Crippen LogP contribution in [0.25, 0.3) is 10.9 Å². The van der Waals surface area contributed by atoms with Crippen LogP contribution in [0.3, 0.4) is 0 Å². The summed E-state index contributed by atoms with van der Waals surface area (Å²) in [7, 11) is 0. The van der Waals surface area contributed by atoms with Gasteiger partial charge in [0.1, 0.15) is 5.75 Å². The Morgan fingerprint density at radius 2 is 1.84 bits per heavy atom. The van der Waals surface area contributed by atoms with Gasteiger partial charge < -0.3 is 15.0 Å². The molecule has 2 N–H and O–H groups in total. The number of hydrogen-bond donors (Lipinski definition) is 2. The zero-order valence-corrected chi connectivity index (χ0v) is 14.0. The van der Waals surface area contributed by atoms with E-state index in [9.17, 15) is 9.59 Å². The first-order valence-electron chi connectivity index (χ1n) is 8.19. The van der Waals surface area contributed by atoms with E-state index in [-0.39, 0.29) is 18.3 Å². The van der Waals surface area contributed by atoms with Crippen LogP contribution < -0.4 is 10.1 Å². The number of Topliss-reactive ketones (excluding diaryl/α,β-unsaturated/α-hetero) is 1. The van der Waals surface area contributed by atoms with E-state index in [1.807, 2.05) is 24.4 Å². The molecule has 0 aliphatic rings. The third-order valence-corrected chi connectivity index (χ3v) is 4.02. The average molecular weight is 336 g/mol. The van der Waals surface area contributed by atoms with E-state index in [1.165, 1.54) is 17.9 Å². The first-order chi connectivity index (χ1) is 12.1. The van der Waals surface area contributed by atoms with Crippen LogP contribution in [0.4, 0.5) is 0 Å². The molecule has 0 unspecified atom stereocenters. The summed E-state index contributed by atoms with van der Waals surface area (Å²) in [6.07, 6.45) is 2.73. The first-order valence-corrected chi connectivity index (χ1v) is 8.19. The van der Waals surface area contributed by atoms with Gasteiger partial charge in [-0.05, 0) is 49.2 Å². The largest absolute Gasteiger partial charge is 0.484 e. The van der Waals surface area contributed by atoms with Gasteiger partial charge >= 0.3 is 0 Å². The van der Waals surface area contributed by atoms with E-state index in [2.05, 4.69) is 16.4 Å². The molecule has 128 valence electrons. The van der Waals surface area contributed by atoms with Gasteiger partial charge in [0.05, 0.1) is 0 Å². The number of rotatable bonds is 7. The molecule has 0 fully saturated rings. The molecule has 0 spiro atoms. The van der Waals surface area contributed by atoms with Gasteiger partial charge in [0.2, 0.25) is 0 Å². The molecule has 3 rings (SSSR count). The van der Waals surface area contributed by atoms with Gasteiger partial charge in [0.15, 0.2) is 12.4 Å². The zero-order valence-electron chi connectivity index (χ0n) is 14.0. The number of nitrogens with one attached hydrogen (secondary N) is 2. The van der Waals surface area contributed by atoms with Gasteiger partial charge in [-0.1, -0.05) is 18.2 Å². The van der Waals surface area contributed by atoms with E-state index in [0.717, 1.165) is 11.9 Å². The van der Waals surface area contributed by atoms with Crippen LogP contribution in [0, 0.1) is 0 Å². The Morgan fingerprint density at radius 3 is 2.60 bits per heavy atom. The number of fused-ring (bicyclic) bond motifs is 1. The fraction of sp³-hybridized carbons (Fsp3) is 0.200. The highest BCUT2D eigenvalue weighted by Gasteiger charge is 2.06. The maximum absolute atomic E-state index is 11.9. The van der Waals surface area contributed by atoms with Crippen molar-refractivity contribution in [1.29, 1.82) is 0 Å². The molecule has 0 atom stereocenters. The minimum Gasteiger partial charge on any atom is -0.484 e. The maximum Gasteiger partial charge on any atom is 0.257 e. The van der Waals surface area contributed by atoms with Gasteiger partial charge in [-0.15, -0.1) is 0 Å².